The molecule has 0 aliphatic rings. The standard InChI is InChI=1S/C14H14N2O4S/c1-16(2)21(19,20)11-5-3-10(4-6-11)12-7-8-15-9-13(12)14(17)18/h3-9H,1-2H3,(H,17,18). The maximum absolute atomic E-state index is 12.0. The summed E-state index contributed by atoms with van der Waals surface area (Å²) < 4.78 is 25.1. The monoisotopic (exact) mass is 306 g/mol. The van der Waals surface area contributed by atoms with Gasteiger partial charge in [0.15, 0.2) is 0 Å². The zero-order valence-corrected chi connectivity index (χ0v) is 12.3. The van der Waals surface area contributed by atoms with Crippen molar-refractivity contribution in [2.75, 3.05) is 14.1 Å². The van der Waals surface area contributed by atoms with Gasteiger partial charge in [-0.2, -0.15) is 0 Å². The van der Waals surface area contributed by atoms with Crippen molar-refractivity contribution in [2.24, 2.45) is 0 Å². The molecule has 7 heteroatoms. The lowest BCUT2D eigenvalue weighted by Gasteiger charge is -2.12. The smallest absolute Gasteiger partial charge is 0.337 e. The van der Waals surface area contributed by atoms with Gasteiger partial charge in [0.2, 0.25) is 10.0 Å². The van der Waals surface area contributed by atoms with Crippen LogP contribution in [0, 0.1) is 0 Å². The Bertz CT molecular complexity index is 768. The van der Waals surface area contributed by atoms with Crippen molar-refractivity contribution in [1.82, 2.24) is 9.29 Å². The molecule has 0 saturated heterocycles. The van der Waals surface area contributed by atoms with Crippen LogP contribution in [-0.4, -0.2) is 42.9 Å². The molecule has 0 bridgehead atoms. The fourth-order valence-corrected chi connectivity index (χ4v) is 2.74. The quantitative estimate of drug-likeness (QED) is 0.929. The second-order valence-electron chi connectivity index (χ2n) is 4.54. The van der Waals surface area contributed by atoms with Gasteiger partial charge in [-0.15, -0.1) is 0 Å². The van der Waals surface area contributed by atoms with E-state index < -0.39 is 16.0 Å². The van der Waals surface area contributed by atoms with Crippen molar-refractivity contribution < 1.29 is 18.3 Å². The third kappa shape index (κ3) is 2.93. The fourth-order valence-electron chi connectivity index (χ4n) is 1.83. The molecule has 0 fully saturated rings. The second-order valence-corrected chi connectivity index (χ2v) is 6.69. The van der Waals surface area contributed by atoms with Crippen LogP contribution >= 0.6 is 0 Å². The minimum absolute atomic E-state index is 0.0701. The van der Waals surface area contributed by atoms with E-state index in [1.54, 1.807) is 18.2 Å². The van der Waals surface area contributed by atoms with Gasteiger partial charge in [-0.3, -0.25) is 4.98 Å². The highest BCUT2D eigenvalue weighted by molar-refractivity contribution is 7.89. The number of aromatic nitrogens is 1. The molecule has 2 aromatic rings. The Hall–Kier alpha value is -2.25. The van der Waals surface area contributed by atoms with E-state index >= 15 is 0 Å². The Morgan fingerprint density at radius 1 is 1.14 bits per heavy atom. The lowest BCUT2D eigenvalue weighted by Crippen LogP contribution is -2.22. The number of hydrogen-bond acceptors (Lipinski definition) is 4. The predicted octanol–water partition coefficient (Wildman–Crippen LogP) is 1.70. The van der Waals surface area contributed by atoms with Crippen LogP contribution < -0.4 is 0 Å². The number of carbonyl (C=O) groups is 1. The van der Waals surface area contributed by atoms with E-state index in [2.05, 4.69) is 4.98 Å². The third-order valence-corrected chi connectivity index (χ3v) is 4.82. The summed E-state index contributed by atoms with van der Waals surface area (Å²) in [7, 11) is -0.592. The summed E-state index contributed by atoms with van der Waals surface area (Å²) in [5, 5.41) is 9.14. The molecule has 0 aliphatic heterocycles. The van der Waals surface area contributed by atoms with Crippen molar-refractivity contribution in [1.29, 1.82) is 0 Å². The highest BCUT2D eigenvalue weighted by Gasteiger charge is 2.17. The first-order valence-corrected chi connectivity index (χ1v) is 7.48. The average molecular weight is 306 g/mol. The first-order valence-electron chi connectivity index (χ1n) is 6.04. The molecule has 0 aliphatic carbocycles. The zero-order valence-electron chi connectivity index (χ0n) is 11.5. The van der Waals surface area contributed by atoms with E-state index in [0.29, 0.717) is 11.1 Å². The summed E-state index contributed by atoms with van der Waals surface area (Å²) >= 11 is 0. The molecule has 0 unspecified atom stereocenters. The molecular weight excluding hydrogens is 292 g/mol. The molecule has 0 spiro atoms. The Morgan fingerprint density at radius 2 is 1.76 bits per heavy atom. The summed E-state index contributed by atoms with van der Waals surface area (Å²) in [6.45, 7) is 0. The van der Waals surface area contributed by atoms with E-state index in [4.69, 9.17) is 5.11 Å². The number of carboxylic acid groups (broad SMARTS) is 1. The minimum Gasteiger partial charge on any atom is -0.478 e. The van der Waals surface area contributed by atoms with Crippen LogP contribution in [0.3, 0.4) is 0 Å². The summed E-state index contributed by atoms with van der Waals surface area (Å²) in [6.07, 6.45) is 2.76. The van der Waals surface area contributed by atoms with E-state index in [0.717, 1.165) is 4.31 Å². The van der Waals surface area contributed by atoms with Crippen molar-refractivity contribution >= 4 is 16.0 Å². The molecule has 0 atom stereocenters. The molecule has 1 aromatic carbocycles. The fraction of sp³-hybridized carbons (Fsp3) is 0.143. The van der Waals surface area contributed by atoms with Crippen molar-refractivity contribution in [3.63, 3.8) is 0 Å². The maximum atomic E-state index is 12.0. The van der Waals surface area contributed by atoms with Gasteiger partial charge in [0, 0.05) is 26.5 Å². The molecule has 6 nitrogen and oxygen atoms in total. The van der Waals surface area contributed by atoms with E-state index in [-0.39, 0.29) is 10.5 Å². The SMILES string of the molecule is CN(C)S(=O)(=O)c1ccc(-c2ccncc2C(=O)O)cc1. The lowest BCUT2D eigenvalue weighted by atomic mass is 10.0. The molecule has 2 rings (SSSR count). The molecule has 1 heterocycles. The van der Waals surface area contributed by atoms with Crippen LogP contribution in [0.15, 0.2) is 47.6 Å². The summed E-state index contributed by atoms with van der Waals surface area (Å²) in [5.41, 5.74) is 1.18. The van der Waals surface area contributed by atoms with Crippen LogP contribution in [0.2, 0.25) is 0 Å². The van der Waals surface area contributed by atoms with Gasteiger partial charge in [0.1, 0.15) is 0 Å². The van der Waals surface area contributed by atoms with Crippen molar-refractivity contribution in [2.45, 2.75) is 4.90 Å². The van der Waals surface area contributed by atoms with E-state index in [9.17, 15) is 13.2 Å². The second kappa shape index (κ2) is 5.63. The minimum atomic E-state index is -3.50. The van der Waals surface area contributed by atoms with Gasteiger partial charge in [-0.05, 0) is 29.3 Å². The van der Waals surface area contributed by atoms with Gasteiger partial charge in [-0.1, -0.05) is 12.1 Å². The number of sulfonamides is 1. The first-order chi connectivity index (χ1) is 9.84. The molecule has 21 heavy (non-hydrogen) atoms. The van der Waals surface area contributed by atoms with Crippen LogP contribution in [0.4, 0.5) is 0 Å². The van der Waals surface area contributed by atoms with Gasteiger partial charge in [-0.25, -0.2) is 17.5 Å². The molecule has 0 radical (unpaired) electrons. The number of pyridine rings is 1. The number of hydrogen-bond donors (Lipinski definition) is 1. The number of carboxylic acids is 1. The summed E-state index contributed by atoms with van der Waals surface area (Å²) in [5.74, 6) is -1.08. The van der Waals surface area contributed by atoms with Crippen LogP contribution in [0.1, 0.15) is 10.4 Å². The predicted molar refractivity (Wildman–Crippen MR) is 77.5 cm³/mol. The van der Waals surface area contributed by atoms with Gasteiger partial charge in [0.05, 0.1) is 10.5 Å². The Labute approximate surface area is 122 Å². The topological polar surface area (TPSA) is 87.6 Å². The van der Waals surface area contributed by atoms with Crippen LogP contribution in [-0.2, 0) is 10.0 Å². The highest BCUT2D eigenvalue weighted by Crippen LogP contribution is 2.25. The summed E-state index contributed by atoms with van der Waals surface area (Å²) in [6, 6.07) is 7.66. The highest BCUT2D eigenvalue weighted by atomic mass is 32.2. The largest absolute Gasteiger partial charge is 0.478 e. The number of nitrogens with zero attached hydrogens (tertiary/aromatic N) is 2. The number of aromatic carboxylic acids is 1. The molecule has 1 N–H and O–H groups in total. The normalized spacial score (nSPS) is 11.6. The number of benzene rings is 1. The third-order valence-electron chi connectivity index (χ3n) is 3.00. The van der Waals surface area contributed by atoms with Gasteiger partial charge >= 0.3 is 5.97 Å². The average Bonchev–Trinajstić information content (AvgIpc) is 2.47. The van der Waals surface area contributed by atoms with Crippen molar-refractivity contribution in [3.05, 3.63) is 48.3 Å². The maximum Gasteiger partial charge on any atom is 0.337 e. The number of rotatable bonds is 4. The van der Waals surface area contributed by atoms with Crippen LogP contribution in [0.5, 0.6) is 0 Å². The first kappa shape index (κ1) is 15.1. The van der Waals surface area contributed by atoms with E-state index in [1.165, 1.54) is 38.6 Å². The molecule has 0 saturated carbocycles. The lowest BCUT2D eigenvalue weighted by molar-refractivity contribution is 0.0697. The van der Waals surface area contributed by atoms with E-state index in [1.807, 2.05) is 0 Å². The molecular formula is C14H14N2O4S. The Balaban J connectivity index is 2.48. The Kier molecular flexibility index (Phi) is 4.06. The molecule has 110 valence electrons. The Morgan fingerprint density at radius 3 is 2.29 bits per heavy atom. The zero-order chi connectivity index (χ0) is 15.6. The van der Waals surface area contributed by atoms with Crippen LogP contribution in [0.25, 0.3) is 11.1 Å². The summed E-state index contributed by atoms with van der Waals surface area (Å²) in [4.78, 5) is 15.1. The van der Waals surface area contributed by atoms with Gasteiger partial charge < -0.3 is 5.11 Å². The van der Waals surface area contributed by atoms with Crippen molar-refractivity contribution in [3.8, 4) is 11.1 Å². The molecule has 0 amide bonds. The van der Waals surface area contributed by atoms with Gasteiger partial charge in [0.25, 0.3) is 0 Å². The molecule has 1 aromatic heterocycles.